The standard InChI is InChI=1S/C10H10N2O5/c1-5(13)16-9-4-7(12-15)3-8(11)10(9)17-6(2)14/h3-4H,11H2,1-2H3. The number of rotatable bonds is 3. The van der Waals surface area contributed by atoms with Crippen LogP contribution in [0.5, 0.6) is 11.5 Å². The Kier molecular flexibility index (Phi) is 3.76. The molecular formula is C10H10N2O5. The molecule has 0 bridgehead atoms. The second kappa shape index (κ2) is 5.06. The summed E-state index contributed by atoms with van der Waals surface area (Å²) in [6.07, 6.45) is 0. The molecule has 7 heteroatoms. The van der Waals surface area contributed by atoms with E-state index in [2.05, 4.69) is 5.18 Å². The van der Waals surface area contributed by atoms with E-state index in [1.807, 2.05) is 0 Å². The summed E-state index contributed by atoms with van der Waals surface area (Å²) in [4.78, 5) is 32.1. The lowest BCUT2D eigenvalue weighted by atomic mass is 10.2. The van der Waals surface area contributed by atoms with Gasteiger partial charge >= 0.3 is 11.9 Å². The van der Waals surface area contributed by atoms with Crippen molar-refractivity contribution < 1.29 is 19.1 Å². The molecule has 0 saturated carbocycles. The van der Waals surface area contributed by atoms with Crippen molar-refractivity contribution in [1.82, 2.24) is 0 Å². The summed E-state index contributed by atoms with van der Waals surface area (Å²) in [5.74, 6) is -1.50. The van der Waals surface area contributed by atoms with Gasteiger partial charge in [-0.05, 0) is 11.2 Å². The molecule has 7 nitrogen and oxygen atoms in total. The highest BCUT2D eigenvalue weighted by molar-refractivity contribution is 5.79. The number of carbonyl (C=O) groups is 2. The zero-order valence-corrected chi connectivity index (χ0v) is 9.22. The molecule has 0 saturated heterocycles. The fraction of sp³-hybridized carbons (Fsp3) is 0.200. The molecule has 0 aromatic heterocycles. The molecule has 0 unspecified atom stereocenters. The number of benzene rings is 1. The van der Waals surface area contributed by atoms with Crippen LogP contribution in [-0.4, -0.2) is 11.9 Å². The predicted molar refractivity (Wildman–Crippen MR) is 58.9 cm³/mol. The maximum atomic E-state index is 10.9. The first-order valence-corrected chi connectivity index (χ1v) is 4.57. The molecule has 17 heavy (non-hydrogen) atoms. The Morgan fingerprint density at radius 3 is 2.24 bits per heavy atom. The van der Waals surface area contributed by atoms with Crippen LogP contribution >= 0.6 is 0 Å². The van der Waals surface area contributed by atoms with Gasteiger partial charge < -0.3 is 15.2 Å². The minimum absolute atomic E-state index is 0.0199. The topological polar surface area (TPSA) is 108 Å². The van der Waals surface area contributed by atoms with Crippen LogP contribution in [0.2, 0.25) is 0 Å². The van der Waals surface area contributed by atoms with Crippen molar-refractivity contribution in [2.45, 2.75) is 13.8 Å². The van der Waals surface area contributed by atoms with E-state index in [1.54, 1.807) is 0 Å². The highest BCUT2D eigenvalue weighted by atomic mass is 16.6. The third kappa shape index (κ3) is 3.26. The molecule has 1 aromatic carbocycles. The SMILES string of the molecule is CC(=O)Oc1cc(N=O)cc(N)c1OC(C)=O. The lowest BCUT2D eigenvalue weighted by molar-refractivity contribution is -0.134. The van der Waals surface area contributed by atoms with E-state index in [4.69, 9.17) is 15.2 Å². The van der Waals surface area contributed by atoms with Gasteiger partial charge in [0.15, 0.2) is 11.5 Å². The number of nitrogens with zero attached hydrogens (tertiary/aromatic N) is 1. The zero-order valence-electron chi connectivity index (χ0n) is 9.22. The van der Waals surface area contributed by atoms with Crippen molar-refractivity contribution in [3.05, 3.63) is 17.0 Å². The smallest absolute Gasteiger partial charge is 0.308 e. The van der Waals surface area contributed by atoms with Crippen molar-refractivity contribution in [2.24, 2.45) is 5.18 Å². The fourth-order valence-electron chi connectivity index (χ4n) is 1.14. The summed E-state index contributed by atoms with van der Waals surface area (Å²) in [7, 11) is 0. The van der Waals surface area contributed by atoms with Gasteiger partial charge in [0.25, 0.3) is 0 Å². The average molecular weight is 238 g/mol. The van der Waals surface area contributed by atoms with Crippen LogP contribution in [0, 0.1) is 4.91 Å². The number of anilines is 1. The first-order chi connectivity index (χ1) is 7.93. The molecule has 90 valence electrons. The Morgan fingerprint density at radius 2 is 1.76 bits per heavy atom. The van der Waals surface area contributed by atoms with Crippen LogP contribution in [0.3, 0.4) is 0 Å². The Labute approximate surface area is 96.5 Å². The molecule has 0 atom stereocenters. The van der Waals surface area contributed by atoms with E-state index < -0.39 is 11.9 Å². The molecule has 0 aliphatic heterocycles. The minimum atomic E-state index is -0.638. The molecule has 0 spiro atoms. The van der Waals surface area contributed by atoms with Gasteiger partial charge in [0, 0.05) is 19.9 Å². The van der Waals surface area contributed by atoms with Crippen molar-refractivity contribution in [3.63, 3.8) is 0 Å². The molecule has 0 fully saturated rings. The van der Waals surface area contributed by atoms with Gasteiger partial charge in [-0.15, -0.1) is 4.91 Å². The summed E-state index contributed by atoms with van der Waals surface area (Å²) in [5.41, 5.74) is 5.50. The largest absolute Gasteiger partial charge is 0.423 e. The summed E-state index contributed by atoms with van der Waals surface area (Å²) in [6, 6.07) is 2.36. The molecule has 0 radical (unpaired) electrons. The number of esters is 2. The fourth-order valence-corrected chi connectivity index (χ4v) is 1.14. The number of carbonyl (C=O) groups excluding carboxylic acids is 2. The van der Waals surface area contributed by atoms with Crippen molar-refractivity contribution in [1.29, 1.82) is 0 Å². The highest BCUT2D eigenvalue weighted by Gasteiger charge is 2.15. The van der Waals surface area contributed by atoms with E-state index in [0.717, 1.165) is 13.0 Å². The molecule has 2 N–H and O–H groups in total. The molecular weight excluding hydrogens is 228 g/mol. The lowest BCUT2D eigenvalue weighted by Gasteiger charge is -2.10. The quantitative estimate of drug-likeness (QED) is 0.370. The van der Waals surface area contributed by atoms with Gasteiger partial charge in [0.1, 0.15) is 5.69 Å². The predicted octanol–water partition coefficient (Wildman–Crippen LogP) is 1.52. The number of hydrogen-bond acceptors (Lipinski definition) is 7. The lowest BCUT2D eigenvalue weighted by Crippen LogP contribution is -2.08. The Bertz CT molecular complexity index is 484. The maximum Gasteiger partial charge on any atom is 0.308 e. The summed E-state index contributed by atoms with van der Waals surface area (Å²) >= 11 is 0. The van der Waals surface area contributed by atoms with Gasteiger partial charge in [0.2, 0.25) is 0 Å². The van der Waals surface area contributed by atoms with Crippen LogP contribution in [0.4, 0.5) is 11.4 Å². The van der Waals surface area contributed by atoms with Gasteiger partial charge in [-0.2, -0.15) is 0 Å². The molecule has 0 heterocycles. The second-order valence-corrected chi connectivity index (χ2v) is 3.14. The normalized spacial score (nSPS) is 9.53. The first kappa shape index (κ1) is 12.6. The number of nitrogens with two attached hydrogens (primary N) is 1. The summed E-state index contributed by atoms with van der Waals surface area (Å²) in [6.45, 7) is 2.33. The van der Waals surface area contributed by atoms with E-state index >= 15 is 0 Å². The van der Waals surface area contributed by atoms with Crippen molar-refractivity contribution in [2.75, 3.05) is 5.73 Å². The minimum Gasteiger partial charge on any atom is -0.423 e. The third-order valence-corrected chi connectivity index (χ3v) is 1.67. The van der Waals surface area contributed by atoms with Crippen molar-refractivity contribution >= 4 is 23.3 Å². The molecule has 0 amide bonds. The highest BCUT2D eigenvalue weighted by Crippen LogP contribution is 2.38. The monoisotopic (exact) mass is 238 g/mol. The Balaban J connectivity index is 3.27. The van der Waals surface area contributed by atoms with Gasteiger partial charge in [0.05, 0.1) is 5.69 Å². The summed E-state index contributed by atoms with van der Waals surface area (Å²) in [5, 5.41) is 2.66. The average Bonchev–Trinajstić information content (AvgIpc) is 2.21. The number of nitroso groups, excluding NO2 is 1. The van der Waals surface area contributed by atoms with Crippen LogP contribution in [0.1, 0.15) is 13.8 Å². The van der Waals surface area contributed by atoms with Crippen molar-refractivity contribution in [3.8, 4) is 11.5 Å². The molecule has 0 aliphatic rings. The van der Waals surface area contributed by atoms with E-state index in [-0.39, 0.29) is 22.9 Å². The maximum absolute atomic E-state index is 10.9. The zero-order chi connectivity index (χ0) is 13.0. The van der Waals surface area contributed by atoms with E-state index in [1.165, 1.54) is 13.0 Å². The number of hydrogen-bond donors (Lipinski definition) is 1. The second-order valence-electron chi connectivity index (χ2n) is 3.14. The van der Waals surface area contributed by atoms with Gasteiger partial charge in [-0.3, -0.25) is 9.59 Å². The number of ether oxygens (including phenoxy) is 2. The van der Waals surface area contributed by atoms with E-state index in [0.29, 0.717) is 0 Å². The van der Waals surface area contributed by atoms with Crippen LogP contribution in [0.15, 0.2) is 17.3 Å². The Hall–Kier alpha value is -2.44. The van der Waals surface area contributed by atoms with Gasteiger partial charge in [-0.1, -0.05) is 0 Å². The van der Waals surface area contributed by atoms with Crippen LogP contribution in [-0.2, 0) is 9.59 Å². The molecule has 0 aliphatic carbocycles. The first-order valence-electron chi connectivity index (χ1n) is 4.57. The van der Waals surface area contributed by atoms with Crippen LogP contribution in [0.25, 0.3) is 0 Å². The molecule has 1 aromatic rings. The summed E-state index contributed by atoms with van der Waals surface area (Å²) < 4.78 is 9.57. The van der Waals surface area contributed by atoms with Crippen LogP contribution < -0.4 is 15.2 Å². The Morgan fingerprint density at radius 1 is 1.18 bits per heavy atom. The number of nitrogen functional groups attached to an aromatic ring is 1. The van der Waals surface area contributed by atoms with Gasteiger partial charge in [-0.25, -0.2) is 0 Å². The van der Waals surface area contributed by atoms with E-state index in [9.17, 15) is 14.5 Å². The molecule has 1 rings (SSSR count). The third-order valence-electron chi connectivity index (χ3n) is 1.67.